The Hall–Kier alpha value is -4.08. The second kappa shape index (κ2) is 6.73. The van der Waals surface area contributed by atoms with E-state index in [0.717, 1.165) is 27.6 Å². The average Bonchev–Trinajstić information content (AvgIpc) is 3.29. The molecule has 0 saturated carbocycles. The van der Waals surface area contributed by atoms with Crippen LogP contribution < -0.4 is 10.4 Å². The number of nitrogens with one attached hydrogen (secondary N) is 1. The van der Waals surface area contributed by atoms with Gasteiger partial charge in [0.1, 0.15) is 11.6 Å². The predicted octanol–water partition coefficient (Wildman–Crippen LogP) is 3.26. The highest BCUT2D eigenvalue weighted by Crippen LogP contribution is 2.37. The number of rotatable bonds is 3. The number of methoxy groups -OCH3 is 1. The number of benzene rings is 1. The van der Waals surface area contributed by atoms with Gasteiger partial charge >= 0.3 is 5.69 Å². The molecule has 5 aromatic rings. The van der Waals surface area contributed by atoms with Gasteiger partial charge < -0.3 is 4.74 Å². The SMILES string of the molecule is COc1cc2ncc3c(c2cc1-c1cn[nH]c1C)n(-c1ncc(F)cc1F)c(=O)n3C. The second-order valence-corrected chi connectivity index (χ2v) is 7.11. The van der Waals surface area contributed by atoms with Gasteiger partial charge in [0.05, 0.1) is 42.3 Å². The lowest BCUT2D eigenvalue weighted by molar-refractivity contribution is 0.417. The molecule has 1 aromatic carbocycles. The number of nitrogens with zero attached hydrogens (tertiary/aromatic N) is 5. The van der Waals surface area contributed by atoms with Gasteiger partial charge in [-0.2, -0.15) is 5.10 Å². The lowest BCUT2D eigenvalue weighted by atomic mass is 10.0. The van der Waals surface area contributed by atoms with Gasteiger partial charge in [-0.05, 0) is 13.0 Å². The van der Waals surface area contributed by atoms with Gasteiger partial charge in [-0.1, -0.05) is 0 Å². The first kappa shape index (κ1) is 18.9. The fourth-order valence-corrected chi connectivity index (χ4v) is 3.79. The van der Waals surface area contributed by atoms with Crippen molar-refractivity contribution in [3.63, 3.8) is 0 Å². The zero-order valence-electron chi connectivity index (χ0n) is 16.8. The Bertz CT molecular complexity index is 1550. The van der Waals surface area contributed by atoms with Gasteiger partial charge in [-0.15, -0.1) is 0 Å². The van der Waals surface area contributed by atoms with Crippen LogP contribution in [-0.2, 0) is 7.05 Å². The molecule has 0 bridgehead atoms. The van der Waals surface area contributed by atoms with Gasteiger partial charge in [0.15, 0.2) is 11.6 Å². The van der Waals surface area contributed by atoms with Crippen LogP contribution in [0.15, 0.2) is 41.6 Å². The van der Waals surface area contributed by atoms with Crippen molar-refractivity contribution in [1.82, 2.24) is 29.3 Å². The third-order valence-electron chi connectivity index (χ3n) is 5.32. The third kappa shape index (κ3) is 2.71. The Balaban J connectivity index is 1.95. The number of ether oxygens (including phenoxy) is 1. The van der Waals surface area contributed by atoms with Crippen molar-refractivity contribution in [2.45, 2.75) is 6.92 Å². The number of halogens is 2. The van der Waals surface area contributed by atoms with E-state index in [1.165, 1.54) is 10.8 Å². The Morgan fingerprint density at radius 2 is 1.87 bits per heavy atom. The molecule has 10 heteroatoms. The van der Waals surface area contributed by atoms with Crippen LogP contribution >= 0.6 is 0 Å². The molecule has 0 spiro atoms. The first-order valence-electron chi connectivity index (χ1n) is 9.30. The third-order valence-corrected chi connectivity index (χ3v) is 5.32. The first-order valence-corrected chi connectivity index (χ1v) is 9.30. The molecule has 0 aliphatic carbocycles. The molecular weight excluding hydrogens is 406 g/mol. The maximum atomic E-state index is 14.6. The lowest BCUT2D eigenvalue weighted by Crippen LogP contribution is -2.22. The van der Waals surface area contributed by atoms with E-state index in [-0.39, 0.29) is 5.82 Å². The minimum atomic E-state index is -0.945. The molecule has 0 radical (unpaired) electrons. The monoisotopic (exact) mass is 422 g/mol. The summed E-state index contributed by atoms with van der Waals surface area (Å²) in [6.45, 7) is 1.88. The van der Waals surface area contributed by atoms with E-state index in [4.69, 9.17) is 4.74 Å². The number of aryl methyl sites for hydroxylation is 2. The van der Waals surface area contributed by atoms with Crippen molar-refractivity contribution >= 4 is 21.9 Å². The normalized spacial score (nSPS) is 11.5. The number of fused-ring (bicyclic) bond motifs is 3. The van der Waals surface area contributed by atoms with E-state index in [0.29, 0.717) is 33.8 Å². The van der Waals surface area contributed by atoms with Crippen molar-refractivity contribution < 1.29 is 13.5 Å². The second-order valence-electron chi connectivity index (χ2n) is 7.11. The number of aromatic amines is 1. The standard InChI is InChI=1S/C21H16F2N6O2/c1-10-14(8-26-27-10)12-5-13-16(6-18(12)31-3)24-9-17-19(13)29(21(30)28(17)2)20-15(23)4-11(22)7-25-20/h4-9H,1-3H3,(H,26,27). The molecular formula is C21H16F2N6O2. The summed E-state index contributed by atoms with van der Waals surface area (Å²) >= 11 is 0. The molecule has 4 aromatic heterocycles. The molecule has 8 nitrogen and oxygen atoms in total. The number of aromatic nitrogens is 6. The van der Waals surface area contributed by atoms with Crippen molar-refractivity contribution in [1.29, 1.82) is 0 Å². The van der Waals surface area contributed by atoms with Gasteiger partial charge in [0, 0.05) is 41.4 Å². The van der Waals surface area contributed by atoms with E-state index >= 15 is 0 Å². The Morgan fingerprint density at radius 3 is 2.55 bits per heavy atom. The summed E-state index contributed by atoms with van der Waals surface area (Å²) in [6, 6.07) is 4.26. The first-order chi connectivity index (χ1) is 14.9. The molecule has 0 aliphatic rings. The van der Waals surface area contributed by atoms with E-state index in [9.17, 15) is 13.6 Å². The summed E-state index contributed by atoms with van der Waals surface area (Å²) in [5.41, 5.74) is 3.26. The van der Waals surface area contributed by atoms with Crippen molar-refractivity contribution in [2.75, 3.05) is 7.11 Å². The lowest BCUT2D eigenvalue weighted by Gasteiger charge is -2.11. The van der Waals surface area contributed by atoms with Gasteiger partial charge in [0.25, 0.3) is 0 Å². The minimum Gasteiger partial charge on any atom is -0.496 e. The maximum Gasteiger partial charge on any atom is 0.334 e. The van der Waals surface area contributed by atoms with Crippen LogP contribution in [-0.4, -0.2) is 36.4 Å². The fourth-order valence-electron chi connectivity index (χ4n) is 3.79. The van der Waals surface area contributed by atoms with Crippen molar-refractivity contribution in [2.24, 2.45) is 7.05 Å². The molecule has 0 unspecified atom stereocenters. The number of hydrogen-bond acceptors (Lipinski definition) is 5. The van der Waals surface area contributed by atoms with Crippen LogP contribution in [0.3, 0.4) is 0 Å². The number of imidazole rings is 1. The summed E-state index contributed by atoms with van der Waals surface area (Å²) in [6.07, 6.45) is 4.07. The maximum absolute atomic E-state index is 14.6. The van der Waals surface area contributed by atoms with E-state index in [1.54, 1.807) is 26.4 Å². The smallest absolute Gasteiger partial charge is 0.334 e. The highest BCUT2D eigenvalue weighted by molar-refractivity contribution is 6.05. The number of hydrogen-bond donors (Lipinski definition) is 1. The number of pyridine rings is 2. The molecule has 156 valence electrons. The average molecular weight is 422 g/mol. The van der Waals surface area contributed by atoms with Crippen LogP contribution in [0.2, 0.25) is 0 Å². The highest BCUT2D eigenvalue weighted by atomic mass is 19.1. The fraction of sp³-hybridized carbons (Fsp3) is 0.143. The molecule has 0 aliphatic heterocycles. The van der Waals surface area contributed by atoms with E-state index in [2.05, 4.69) is 20.2 Å². The molecule has 0 saturated heterocycles. The predicted molar refractivity (Wildman–Crippen MR) is 110 cm³/mol. The summed E-state index contributed by atoms with van der Waals surface area (Å²) in [5, 5.41) is 7.54. The Labute approximate surface area is 173 Å². The largest absolute Gasteiger partial charge is 0.496 e. The molecule has 0 amide bonds. The quantitative estimate of drug-likeness (QED) is 0.482. The van der Waals surface area contributed by atoms with Crippen LogP contribution in [0, 0.1) is 18.6 Å². The molecule has 31 heavy (non-hydrogen) atoms. The highest BCUT2D eigenvalue weighted by Gasteiger charge is 2.22. The molecule has 4 heterocycles. The topological polar surface area (TPSA) is 90.6 Å². The molecule has 0 atom stereocenters. The summed E-state index contributed by atoms with van der Waals surface area (Å²) in [5.74, 6) is -1.50. The van der Waals surface area contributed by atoms with Gasteiger partial charge in [-0.25, -0.2) is 23.1 Å². The van der Waals surface area contributed by atoms with Crippen LogP contribution in [0.25, 0.3) is 38.9 Å². The van der Waals surface area contributed by atoms with Crippen LogP contribution in [0.4, 0.5) is 8.78 Å². The molecule has 1 N–H and O–H groups in total. The van der Waals surface area contributed by atoms with Crippen molar-refractivity contribution in [3.8, 4) is 22.7 Å². The van der Waals surface area contributed by atoms with Gasteiger partial charge in [-0.3, -0.25) is 14.6 Å². The van der Waals surface area contributed by atoms with Crippen molar-refractivity contribution in [3.05, 3.63) is 64.6 Å². The zero-order valence-corrected chi connectivity index (χ0v) is 16.8. The molecule has 5 rings (SSSR count). The van der Waals surface area contributed by atoms with E-state index < -0.39 is 17.3 Å². The zero-order chi connectivity index (χ0) is 21.9. The van der Waals surface area contributed by atoms with Gasteiger partial charge in [0.2, 0.25) is 0 Å². The Kier molecular flexibility index (Phi) is 4.10. The summed E-state index contributed by atoms with van der Waals surface area (Å²) < 4.78 is 36.1. The van der Waals surface area contributed by atoms with E-state index in [1.807, 2.05) is 13.0 Å². The van der Waals surface area contributed by atoms with Crippen LogP contribution in [0.1, 0.15) is 5.69 Å². The summed E-state index contributed by atoms with van der Waals surface area (Å²) in [7, 11) is 3.11. The minimum absolute atomic E-state index is 0.290. The van der Waals surface area contributed by atoms with Crippen LogP contribution in [0.5, 0.6) is 5.75 Å². The molecule has 0 fully saturated rings. The summed E-state index contributed by atoms with van der Waals surface area (Å²) in [4.78, 5) is 21.3. The Morgan fingerprint density at radius 1 is 1.06 bits per heavy atom. The number of H-pyrrole nitrogens is 1.